The van der Waals surface area contributed by atoms with Crippen molar-refractivity contribution in [1.29, 1.82) is 0 Å². The fraction of sp³-hybridized carbons (Fsp3) is 0.273. The lowest BCUT2D eigenvalue weighted by atomic mass is 10.0. The van der Waals surface area contributed by atoms with Gasteiger partial charge in [0.25, 0.3) is 0 Å². The van der Waals surface area contributed by atoms with Crippen molar-refractivity contribution in [2.75, 3.05) is 26.2 Å². The van der Waals surface area contributed by atoms with Gasteiger partial charge in [-0.25, -0.2) is 0 Å². The zero-order valence-electron chi connectivity index (χ0n) is 14.8. The van der Waals surface area contributed by atoms with Gasteiger partial charge in [-0.3, -0.25) is 4.90 Å². The molecule has 4 heteroatoms. The van der Waals surface area contributed by atoms with E-state index in [2.05, 4.69) is 64.1 Å². The summed E-state index contributed by atoms with van der Waals surface area (Å²) in [4.78, 5) is 3.96. The molecule has 2 heterocycles. The summed E-state index contributed by atoms with van der Waals surface area (Å²) in [5, 5.41) is 5.62. The molecule has 1 saturated heterocycles. The van der Waals surface area contributed by atoms with Crippen LogP contribution in [0.4, 0.5) is 0 Å². The van der Waals surface area contributed by atoms with E-state index in [1.54, 1.807) is 0 Å². The Balaban J connectivity index is 1.56. The molecular weight excluding hydrogens is 340 g/mol. The van der Waals surface area contributed by atoms with Gasteiger partial charge >= 0.3 is 0 Å². The lowest BCUT2D eigenvalue weighted by molar-refractivity contribution is 0.200. The maximum absolute atomic E-state index is 6.06. The van der Waals surface area contributed by atoms with Crippen LogP contribution in [0.5, 0.6) is 5.75 Å². The summed E-state index contributed by atoms with van der Waals surface area (Å²) in [6.45, 7) is 4.83. The monoisotopic (exact) mass is 364 g/mol. The van der Waals surface area contributed by atoms with Gasteiger partial charge in [-0.1, -0.05) is 48.5 Å². The average molecular weight is 365 g/mol. The molecule has 0 aliphatic carbocycles. The summed E-state index contributed by atoms with van der Waals surface area (Å²) in [7, 11) is 0. The number of hydrogen-bond donors (Lipinski definition) is 1. The van der Waals surface area contributed by atoms with Crippen LogP contribution in [-0.4, -0.2) is 31.1 Å². The fourth-order valence-electron chi connectivity index (χ4n) is 3.46. The molecule has 1 fully saturated rings. The molecule has 1 aromatic heterocycles. The first kappa shape index (κ1) is 17.3. The van der Waals surface area contributed by atoms with E-state index in [9.17, 15) is 0 Å². The summed E-state index contributed by atoms with van der Waals surface area (Å²) < 4.78 is 6.06. The first-order chi connectivity index (χ1) is 12.9. The van der Waals surface area contributed by atoms with E-state index in [1.165, 1.54) is 16.0 Å². The zero-order valence-corrected chi connectivity index (χ0v) is 15.6. The molecule has 0 bridgehead atoms. The maximum atomic E-state index is 6.06. The first-order valence-electron chi connectivity index (χ1n) is 9.15. The molecule has 1 N–H and O–H groups in total. The van der Waals surface area contributed by atoms with Crippen molar-refractivity contribution >= 4 is 11.3 Å². The van der Waals surface area contributed by atoms with E-state index in [-0.39, 0.29) is 0 Å². The molecular formula is C22H24N2OS. The zero-order chi connectivity index (χ0) is 17.6. The highest BCUT2D eigenvalue weighted by Crippen LogP contribution is 2.33. The van der Waals surface area contributed by atoms with E-state index in [1.807, 2.05) is 29.5 Å². The Labute approximate surface area is 159 Å². The Hall–Kier alpha value is -2.14. The number of ether oxygens (including phenoxy) is 1. The molecule has 0 spiro atoms. The molecule has 3 aromatic rings. The molecule has 1 aliphatic heterocycles. The molecule has 0 amide bonds. The predicted octanol–water partition coefficient (Wildman–Crippen LogP) is 4.32. The van der Waals surface area contributed by atoms with Crippen LogP contribution < -0.4 is 10.1 Å². The Kier molecular flexibility index (Phi) is 5.65. The third-order valence-electron chi connectivity index (χ3n) is 4.75. The van der Waals surface area contributed by atoms with E-state index in [0.29, 0.717) is 12.6 Å². The predicted molar refractivity (Wildman–Crippen MR) is 108 cm³/mol. The van der Waals surface area contributed by atoms with Gasteiger partial charge in [0.15, 0.2) is 0 Å². The van der Waals surface area contributed by atoms with E-state index in [4.69, 9.17) is 4.74 Å². The van der Waals surface area contributed by atoms with Crippen molar-refractivity contribution < 1.29 is 4.74 Å². The molecule has 2 aromatic carbocycles. The molecule has 0 radical (unpaired) electrons. The van der Waals surface area contributed by atoms with Gasteiger partial charge in [0, 0.05) is 31.1 Å². The van der Waals surface area contributed by atoms with Crippen LogP contribution in [0, 0.1) is 0 Å². The summed E-state index contributed by atoms with van der Waals surface area (Å²) >= 11 is 1.83. The minimum atomic E-state index is 0.303. The third kappa shape index (κ3) is 4.15. The van der Waals surface area contributed by atoms with Crippen molar-refractivity contribution in [1.82, 2.24) is 10.2 Å². The normalized spacial score (nSPS) is 16.3. The summed E-state index contributed by atoms with van der Waals surface area (Å²) in [5.74, 6) is 0.933. The second-order valence-corrected chi connectivity index (χ2v) is 7.53. The van der Waals surface area contributed by atoms with Crippen molar-refractivity contribution in [2.45, 2.75) is 12.6 Å². The Morgan fingerprint density at radius 1 is 0.962 bits per heavy atom. The van der Waals surface area contributed by atoms with Gasteiger partial charge in [-0.2, -0.15) is 0 Å². The number of benzene rings is 2. The molecule has 26 heavy (non-hydrogen) atoms. The van der Waals surface area contributed by atoms with Gasteiger partial charge < -0.3 is 10.1 Å². The van der Waals surface area contributed by atoms with Crippen molar-refractivity contribution in [3.63, 3.8) is 0 Å². The topological polar surface area (TPSA) is 24.5 Å². The quantitative estimate of drug-likeness (QED) is 0.705. The van der Waals surface area contributed by atoms with Crippen LogP contribution >= 0.6 is 11.3 Å². The van der Waals surface area contributed by atoms with Crippen LogP contribution in [0.3, 0.4) is 0 Å². The maximum Gasteiger partial charge on any atom is 0.120 e. The van der Waals surface area contributed by atoms with Gasteiger partial charge in [-0.15, -0.1) is 11.3 Å². The second kappa shape index (κ2) is 8.49. The highest BCUT2D eigenvalue weighted by molar-refractivity contribution is 7.10. The lowest BCUT2D eigenvalue weighted by Crippen LogP contribution is -2.45. The highest BCUT2D eigenvalue weighted by atomic mass is 32.1. The third-order valence-corrected chi connectivity index (χ3v) is 5.68. The van der Waals surface area contributed by atoms with Crippen molar-refractivity contribution in [2.24, 2.45) is 0 Å². The van der Waals surface area contributed by atoms with Gasteiger partial charge in [0.05, 0.1) is 6.04 Å². The Bertz CT molecular complexity index is 798. The van der Waals surface area contributed by atoms with Crippen LogP contribution in [-0.2, 0) is 6.61 Å². The largest absolute Gasteiger partial charge is 0.489 e. The lowest BCUT2D eigenvalue weighted by Gasteiger charge is -2.34. The first-order valence-corrected chi connectivity index (χ1v) is 10.0. The minimum absolute atomic E-state index is 0.303. The number of thiophene rings is 1. The molecule has 1 atom stereocenters. The van der Waals surface area contributed by atoms with Crippen molar-refractivity contribution in [3.05, 3.63) is 88.1 Å². The number of hydrogen-bond acceptors (Lipinski definition) is 4. The standard InChI is InChI=1S/C22H24N2OS/c1-2-6-18(7-3-1)17-25-20-9-4-8-19(16-20)22(21-10-5-15-26-21)24-13-11-23-12-14-24/h1-10,15-16,22-23H,11-14,17H2/t22-/m0/s1. The van der Waals surface area contributed by atoms with E-state index < -0.39 is 0 Å². The smallest absolute Gasteiger partial charge is 0.120 e. The summed E-state index contributed by atoms with van der Waals surface area (Å²) in [6.07, 6.45) is 0. The molecule has 0 unspecified atom stereocenters. The average Bonchev–Trinajstić information content (AvgIpc) is 3.23. The SMILES string of the molecule is c1ccc(COc2cccc([C@@H](c3cccs3)N3CCNCC3)c2)cc1. The summed E-state index contributed by atoms with van der Waals surface area (Å²) in [5.41, 5.74) is 2.50. The Morgan fingerprint density at radius 3 is 2.58 bits per heavy atom. The molecule has 4 rings (SSSR count). The van der Waals surface area contributed by atoms with Gasteiger partial charge in [-0.05, 0) is 34.7 Å². The molecule has 134 valence electrons. The highest BCUT2D eigenvalue weighted by Gasteiger charge is 2.24. The number of nitrogens with zero attached hydrogens (tertiary/aromatic N) is 1. The minimum Gasteiger partial charge on any atom is -0.489 e. The molecule has 0 saturated carbocycles. The summed E-state index contributed by atoms with van der Waals surface area (Å²) in [6, 6.07) is 23.6. The fourth-order valence-corrected chi connectivity index (χ4v) is 4.34. The number of rotatable bonds is 6. The van der Waals surface area contributed by atoms with Crippen LogP contribution in [0.25, 0.3) is 0 Å². The number of piperazine rings is 1. The van der Waals surface area contributed by atoms with E-state index in [0.717, 1.165) is 31.9 Å². The molecule has 1 aliphatic rings. The van der Waals surface area contributed by atoms with E-state index >= 15 is 0 Å². The second-order valence-electron chi connectivity index (χ2n) is 6.55. The van der Waals surface area contributed by atoms with Gasteiger partial charge in [0.2, 0.25) is 0 Å². The van der Waals surface area contributed by atoms with Crippen molar-refractivity contribution in [3.8, 4) is 5.75 Å². The molecule has 3 nitrogen and oxygen atoms in total. The Morgan fingerprint density at radius 2 is 1.81 bits per heavy atom. The van der Waals surface area contributed by atoms with Crippen LogP contribution in [0.2, 0.25) is 0 Å². The number of nitrogens with one attached hydrogen (secondary N) is 1. The van der Waals surface area contributed by atoms with Gasteiger partial charge in [0.1, 0.15) is 12.4 Å². The van der Waals surface area contributed by atoms with Crippen LogP contribution in [0.1, 0.15) is 22.0 Å². The van der Waals surface area contributed by atoms with Crippen LogP contribution in [0.15, 0.2) is 72.1 Å².